The molecule has 0 saturated carbocycles. The van der Waals surface area contributed by atoms with E-state index in [0.29, 0.717) is 48.9 Å². The number of hydrogen-bond donors (Lipinski definition) is 2. The molecule has 2 N–H and O–H groups in total. The van der Waals surface area contributed by atoms with Gasteiger partial charge in [0.2, 0.25) is 0 Å². The molecule has 4 rings (SSSR count). The van der Waals surface area contributed by atoms with Gasteiger partial charge in [-0.1, -0.05) is 38.1 Å². The highest BCUT2D eigenvalue weighted by molar-refractivity contribution is 5.99. The number of amides is 2. The number of halogens is 3. The molecule has 3 aromatic rings. The van der Waals surface area contributed by atoms with Gasteiger partial charge in [0.05, 0.1) is 12.7 Å². The zero-order valence-electron chi connectivity index (χ0n) is 22.5. The Morgan fingerprint density at radius 2 is 1.75 bits per heavy atom. The van der Waals surface area contributed by atoms with Gasteiger partial charge in [-0.15, -0.1) is 0 Å². The van der Waals surface area contributed by atoms with Crippen LogP contribution < -0.4 is 15.4 Å². The highest BCUT2D eigenvalue weighted by Crippen LogP contribution is 2.25. The molecule has 40 heavy (non-hydrogen) atoms. The van der Waals surface area contributed by atoms with Gasteiger partial charge in [-0.25, -0.2) is 9.78 Å². The molecular weight excluding hydrogens is 527 g/mol. The van der Waals surface area contributed by atoms with Crippen LogP contribution in [0.3, 0.4) is 0 Å². The van der Waals surface area contributed by atoms with Crippen molar-refractivity contribution >= 4 is 23.3 Å². The minimum Gasteiger partial charge on any atom is -0.489 e. The molecule has 0 aliphatic carbocycles. The van der Waals surface area contributed by atoms with E-state index in [2.05, 4.69) is 20.8 Å². The number of benzene rings is 1. The number of carbonyl (C=O) groups is 2. The van der Waals surface area contributed by atoms with E-state index in [4.69, 9.17) is 9.26 Å². The second-order valence-corrected chi connectivity index (χ2v) is 10.8. The van der Waals surface area contributed by atoms with Gasteiger partial charge in [-0.05, 0) is 42.7 Å². The standard InChI is InChI=1S/C28H32F3N5O4/c1-27(2,3)24-15-25(35-40-24)34-26(38)33-19-6-4-18(5-7-19)14-23(37)22-9-8-21(16-32-22)39-20-10-12-36(13-11-20)17-28(29,30)31/h4-9,15-16,20H,10-14,17H2,1-3H3,(H2,33,34,35,38). The van der Waals surface area contributed by atoms with Crippen molar-refractivity contribution in [3.05, 3.63) is 65.7 Å². The SMILES string of the molecule is CC(C)(C)c1cc(NC(=O)Nc2ccc(CC(=O)c3ccc(OC4CCN(CC(F)(F)F)CC4)cn3)cc2)no1. The first-order valence-corrected chi connectivity index (χ1v) is 12.9. The molecule has 0 bridgehead atoms. The summed E-state index contributed by atoms with van der Waals surface area (Å²) in [6.07, 6.45) is -1.85. The van der Waals surface area contributed by atoms with Gasteiger partial charge in [-0.2, -0.15) is 13.2 Å². The molecule has 1 saturated heterocycles. The number of alkyl halides is 3. The number of rotatable bonds is 8. The van der Waals surface area contributed by atoms with E-state index in [1.54, 1.807) is 42.5 Å². The fraction of sp³-hybridized carbons (Fsp3) is 0.429. The summed E-state index contributed by atoms with van der Waals surface area (Å²) in [4.78, 5) is 30.6. The number of pyridine rings is 1. The molecule has 214 valence electrons. The van der Waals surface area contributed by atoms with E-state index in [-0.39, 0.29) is 29.4 Å². The van der Waals surface area contributed by atoms with Crippen LogP contribution in [0.4, 0.5) is 29.5 Å². The summed E-state index contributed by atoms with van der Waals surface area (Å²) < 4.78 is 48.8. The Balaban J connectivity index is 1.23. The molecule has 2 aromatic heterocycles. The molecule has 12 heteroatoms. The first-order valence-electron chi connectivity index (χ1n) is 12.9. The highest BCUT2D eigenvalue weighted by atomic mass is 19.4. The minimum absolute atomic E-state index is 0.117. The maximum absolute atomic E-state index is 12.7. The lowest BCUT2D eigenvalue weighted by Gasteiger charge is -2.32. The number of nitrogens with zero attached hydrogens (tertiary/aromatic N) is 3. The van der Waals surface area contributed by atoms with Crippen molar-refractivity contribution in [3.8, 4) is 5.75 Å². The number of anilines is 2. The van der Waals surface area contributed by atoms with Gasteiger partial charge in [0.1, 0.15) is 23.3 Å². The van der Waals surface area contributed by atoms with E-state index in [0.717, 1.165) is 5.56 Å². The third-order valence-corrected chi connectivity index (χ3v) is 6.33. The van der Waals surface area contributed by atoms with Crippen LogP contribution >= 0.6 is 0 Å². The van der Waals surface area contributed by atoms with Gasteiger partial charge in [0.25, 0.3) is 0 Å². The summed E-state index contributed by atoms with van der Waals surface area (Å²) in [5, 5.41) is 9.18. The van der Waals surface area contributed by atoms with Crippen LogP contribution in [-0.4, -0.2) is 58.8 Å². The van der Waals surface area contributed by atoms with Crippen molar-refractivity contribution in [2.24, 2.45) is 0 Å². The average molecular weight is 560 g/mol. The summed E-state index contributed by atoms with van der Waals surface area (Å²) in [5.74, 6) is 1.24. The quantitative estimate of drug-likeness (QED) is 0.334. The zero-order valence-corrected chi connectivity index (χ0v) is 22.5. The van der Waals surface area contributed by atoms with Gasteiger partial charge in [0, 0.05) is 36.7 Å². The summed E-state index contributed by atoms with van der Waals surface area (Å²) in [6.45, 7) is 5.64. The predicted molar refractivity (Wildman–Crippen MR) is 143 cm³/mol. The number of urea groups is 1. The number of nitrogens with one attached hydrogen (secondary N) is 2. The molecule has 1 aromatic carbocycles. The fourth-order valence-corrected chi connectivity index (χ4v) is 4.19. The third-order valence-electron chi connectivity index (χ3n) is 6.33. The first kappa shape index (κ1) is 29.1. The number of aromatic nitrogens is 2. The molecule has 9 nitrogen and oxygen atoms in total. The smallest absolute Gasteiger partial charge is 0.401 e. The Morgan fingerprint density at radius 3 is 2.33 bits per heavy atom. The van der Waals surface area contributed by atoms with Crippen molar-refractivity contribution in [2.45, 2.75) is 57.7 Å². The van der Waals surface area contributed by atoms with Crippen LogP contribution in [-0.2, 0) is 11.8 Å². The van der Waals surface area contributed by atoms with Crippen molar-refractivity contribution in [2.75, 3.05) is 30.3 Å². The number of likely N-dealkylation sites (tertiary alicyclic amines) is 1. The number of carbonyl (C=O) groups excluding carboxylic acids is 2. The second-order valence-electron chi connectivity index (χ2n) is 10.8. The van der Waals surface area contributed by atoms with Crippen molar-refractivity contribution in [1.29, 1.82) is 0 Å². The average Bonchev–Trinajstić information content (AvgIpc) is 3.35. The molecule has 0 radical (unpaired) electrons. The number of hydrogen-bond acceptors (Lipinski definition) is 7. The number of ether oxygens (including phenoxy) is 1. The topological polar surface area (TPSA) is 110 Å². The minimum atomic E-state index is -4.20. The van der Waals surface area contributed by atoms with Gasteiger partial charge >= 0.3 is 12.2 Å². The van der Waals surface area contributed by atoms with Crippen molar-refractivity contribution in [3.63, 3.8) is 0 Å². The predicted octanol–water partition coefficient (Wildman–Crippen LogP) is 5.84. The summed E-state index contributed by atoms with van der Waals surface area (Å²) >= 11 is 0. The highest BCUT2D eigenvalue weighted by Gasteiger charge is 2.33. The Kier molecular flexibility index (Phi) is 8.77. The Hall–Kier alpha value is -3.93. The van der Waals surface area contributed by atoms with Crippen LogP contribution in [0.5, 0.6) is 5.75 Å². The van der Waals surface area contributed by atoms with E-state index in [1.807, 2.05) is 20.8 Å². The molecule has 0 spiro atoms. The molecule has 1 aliphatic heterocycles. The summed E-state index contributed by atoms with van der Waals surface area (Å²) in [6, 6.07) is 11.3. The monoisotopic (exact) mass is 559 g/mol. The number of piperidine rings is 1. The normalized spacial score (nSPS) is 15.1. The van der Waals surface area contributed by atoms with Crippen molar-refractivity contribution < 1.29 is 32.0 Å². The van der Waals surface area contributed by atoms with Gasteiger partial charge in [-0.3, -0.25) is 15.0 Å². The summed E-state index contributed by atoms with van der Waals surface area (Å²) in [5.41, 5.74) is 1.33. The number of ketones is 1. The first-order chi connectivity index (χ1) is 18.8. The second kappa shape index (κ2) is 12.1. The molecule has 3 heterocycles. The zero-order chi connectivity index (χ0) is 28.9. The van der Waals surface area contributed by atoms with E-state index < -0.39 is 18.8 Å². The molecule has 2 amide bonds. The van der Waals surface area contributed by atoms with Gasteiger partial charge in [0.15, 0.2) is 11.6 Å². The van der Waals surface area contributed by atoms with Crippen LogP contribution in [0.25, 0.3) is 0 Å². The lowest BCUT2D eigenvalue weighted by molar-refractivity contribution is -0.149. The largest absolute Gasteiger partial charge is 0.489 e. The van der Waals surface area contributed by atoms with Crippen LogP contribution in [0.15, 0.2) is 53.2 Å². The number of Topliss-reactive ketones (excluding diaryl/α,β-unsaturated/α-hetero) is 1. The molecule has 1 fully saturated rings. The van der Waals surface area contributed by atoms with Crippen LogP contribution in [0.1, 0.15) is 55.4 Å². The molecule has 0 unspecified atom stereocenters. The van der Waals surface area contributed by atoms with E-state index in [9.17, 15) is 22.8 Å². The van der Waals surface area contributed by atoms with Crippen LogP contribution in [0, 0.1) is 0 Å². The Labute approximate surface area is 230 Å². The Bertz CT molecular complexity index is 1290. The Morgan fingerprint density at radius 1 is 1.05 bits per heavy atom. The fourth-order valence-electron chi connectivity index (χ4n) is 4.19. The van der Waals surface area contributed by atoms with Crippen LogP contribution in [0.2, 0.25) is 0 Å². The molecule has 0 atom stereocenters. The van der Waals surface area contributed by atoms with Crippen molar-refractivity contribution in [1.82, 2.24) is 15.0 Å². The van der Waals surface area contributed by atoms with E-state index in [1.165, 1.54) is 11.1 Å². The van der Waals surface area contributed by atoms with Gasteiger partial charge < -0.3 is 14.6 Å². The lowest BCUT2D eigenvalue weighted by atomic mass is 9.93. The van der Waals surface area contributed by atoms with E-state index >= 15 is 0 Å². The summed E-state index contributed by atoms with van der Waals surface area (Å²) in [7, 11) is 0. The molecule has 1 aliphatic rings. The molecular formula is C28H32F3N5O4. The lowest BCUT2D eigenvalue weighted by Crippen LogP contribution is -2.42. The third kappa shape index (κ3) is 8.54. The maximum Gasteiger partial charge on any atom is 0.401 e. The maximum atomic E-state index is 12.7.